The summed E-state index contributed by atoms with van der Waals surface area (Å²) >= 11 is 0. The number of aromatic nitrogens is 2. The average Bonchev–Trinajstić information content (AvgIpc) is 2.76. The third kappa shape index (κ3) is 4.74. The molecule has 3 aromatic rings. The molecule has 2 heterocycles. The van der Waals surface area contributed by atoms with Crippen LogP contribution in [0, 0.1) is 12.7 Å². The molecule has 7 heteroatoms. The molecule has 1 saturated heterocycles. The van der Waals surface area contributed by atoms with Gasteiger partial charge in [0.05, 0.1) is 6.42 Å². The normalized spacial score (nSPS) is 13.9. The van der Waals surface area contributed by atoms with Gasteiger partial charge in [-0.1, -0.05) is 36.4 Å². The van der Waals surface area contributed by atoms with E-state index >= 15 is 0 Å². The van der Waals surface area contributed by atoms with E-state index in [2.05, 4.69) is 14.9 Å². The molecule has 154 valence electrons. The molecule has 1 aromatic heterocycles. The van der Waals surface area contributed by atoms with Crippen LogP contribution in [0.4, 0.5) is 10.2 Å². The lowest BCUT2D eigenvalue weighted by atomic mass is 10.1. The van der Waals surface area contributed by atoms with Crippen molar-refractivity contribution in [3.63, 3.8) is 0 Å². The molecule has 1 fully saturated rings. The predicted octanol–water partition coefficient (Wildman–Crippen LogP) is 3.61. The Morgan fingerprint density at radius 1 is 1.00 bits per heavy atom. The van der Waals surface area contributed by atoms with Crippen LogP contribution in [0.25, 0.3) is 0 Å². The number of carbonyl (C=O) groups excluding carboxylic acids is 1. The number of hydrogen-bond acceptors (Lipinski definition) is 5. The molecule has 0 saturated carbocycles. The van der Waals surface area contributed by atoms with Crippen molar-refractivity contribution >= 4 is 11.7 Å². The van der Waals surface area contributed by atoms with Gasteiger partial charge in [0.15, 0.2) is 0 Å². The lowest BCUT2D eigenvalue weighted by Crippen LogP contribution is -2.49. The molecule has 0 unspecified atom stereocenters. The Labute approximate surface area is 174 Å². The maximum atomic E-state index is 13.8. The fourth-order valence-corrected chi connectivity index (χ4v) is 3.45. The topological polar surface area (TPSA) is 58.6 Å². The van der Waals surface area contributed by atoms with Crippen LogP contribution in [-0.2, 0) is 11.2 Å². The van der Waals surface area contributed by atoms with E-state index in [9.17, 15) is 9.18 Å². The number of amides is 1. The monoisotopic (exact) mass is 406 g/mol. The zero-order valence-corrected chi connectivity index (χ0v) is 16.8. The molecule has 0 spiro atoms. The van der Waals surface area contributed by atoms with E-state index in [1.807, 2.05) is 43.3 Å². The quantitative estimate of drug-likeness (QED) is 0.648. The number of benzene rings is 2. The Kier molecular flexibility index (Phi) is 5.88. The standard InChI is InChI=1S/C23H23FN4O2/c1-17-25-21(16-22(26-17)30-19-8-3-2-4-9-19)27-11-13-28(14-12-27)23(29)15-18-7-5-6-10-20(18)24/h2-10,16H,11-15H2,1H3. The summed E-state index contributed by atoms with van der Waals surface area (Å²) in [5.74, 6) is 2.19. The van der Waals surface area contributed by atoms with Gasteiger partial charge in [-0.2, -0.15) is 4.98 Å². The van der Waals surface area contributed by atoms with Gasteiger partial charge in [-0.3, -0.25) is 4.79 Å². The first kappa shape index (κ1) is 19.8. The second kappa shape index (κ2) is 8.90. The number of halogens is 1. The Bertz CT molecular complexity index is 1020. The highest BCUT2D eigenvalue weighted by Crippen LogP contribution is 2.24. The smallest absolute Gasteiger partial charge is 0.227 e. The molecule has 0 atom stereocenters. The van der Waals surface area contributed by atoms with Gasteiger partial charge < -0.3 is 14.5 Å². The number of anilines is 1. The lowest BCUT2D eigenvalue weighted by molar-refractivity contribution is -0.130. The van der Waals surface area contributed by atoms with E-state index in [1.165, 1.54) is 6.07 Å². The largest absolute Gasteiger partial charge is 0.439 e. The van der Waals surface area contributed by atoms with Crippen LogP contribution in [0.3, 0.4) is 0 Å². The first-order valence-corrected chi connectivity index (χ1v) is 9.93. The molecule has 0 N–H and O–H groups in total. The van der Waals surface area contributed by atoms with Gasteiger partial charge >= 0.3 is 0 Å². The van der Waals surface area contributed by atoms with E-state index < -0.39 is 0 Å². The maximum absolute atomic E-state index is 13.8. The van der Waals surface area contributed by atoms with Crippen molar-refractivity contribution in [1.82, 2.24) is 14.9 Å². The van der Waals surface area contributed by atoms with Crippen LogP contribution >= 0.6 is 0 Å². The summed E-state index contributed by atoms with van der Waals surface area (Å²) in [7, 11) is 0. The minimum Gasteiger partial charge on any atom is -0.439 e. The molecule has 1 aliphatic rings. The number of nitrogens with zero attached hydrogens (tertiary/aromatic N) is 4. The number of rotatable bonds is 5. The van der Waals surface area contributed by atoms with Crippen LogP contribution < -0.4 is 9.64 Å². The molecule has 0 aliphatic carbocycles. The number of piperazine rings is 1. The van der Waals surface area contributed by atoms with Gasteiger partial charge in [-0.25, -0.2) is 9.37 Å². The summed E-state index contributed by atoms with van der Waals surface area (Å²) in [5, 5.41) is 0. The molecule has 1 amide bonds. The minimum atomic E-state index is -0.341. The van der Waals surface area contributed by atoms with Crippen molar-refractivity contribution in [3.8, 4) is 11.6 Å². The molecule has 0 radical (unpaired) electrons. The third-order valence-corrected chi connectivity index (χ3v) is 5.02. The zero-order valence-electron chi connectivity index (χ0n) is 16.8. The Morgan fingerprint density at radius 3 is 2.43 bits per heavy atom. The number of hydrogen-bond donors (Lipinski definition) is 0. The molecule has 6 nitrogen and oxygen atoms in total. The summed E-state index contributed by atoms with van der Waals surface area (Å²) in [6.45, 7) is 4.24. The summed E-state index contributed by atoms with van der Waals surface area (Å²) in [6, 6.07) is 17.7. The van der Waals surface area contributed by atoms with Gasteiger partial charge in [0.1, 0.15) is 23.2 Å². The van der Waals surface area contributed by atoms with Crippen molar-refractivity contribution in [2.45, 2.75) is 13.3 Å². The van der Waals surface area contributed by atoms with Gasteiger partial charge in [0, 0.05) is 32.2 Å². The van der Waals surface area contributed by atoms with Gasteiger partial charge in [0.25, 0.3) is 0 Å². The number of para-hydroxylation sites is 1. The Hall–Kier alpha value is -3.48. The molecule has 2 aromatic carbocycles. The van der Waals surface area contributed by atoms with Gasteiger partial charge in [0.2, 0.25) is 11.8 Å². The van der Waals surface area contributed by atoms with Gasteiger partial charge in [-0.05, 0) is 30.7 Å². The highest BCUT2D eigenvalue weighted by molar-refractivity contribution is 5.79. The van der Waals surface area contributed by atoms with Crippen molar-refractivity contribution in [3.05, 3.63) is 77.9 Å². The molecule has 0 bridgehead atoms. The number of ether oxygens (including phenoxy) is 1. The summed E-state index contributed by atoms with van der Waals surface area (Å²) in [4.78, 5) is 25.3. The first-order chi connectivity index (χ1) is 14.6. The number of carbonyl (C=O) groups is 1. The van der Waals surface area contributed by atoms with Crippen molar-refractivity contribution in [2.75, 3.05) is 31.1 Å². The molecule has 4 rings (SSSR count). The van der Waals surface area contributed by atoms with Crippen LogP contribution in [0.5, 0.6) is 11.6 Å². The van der Waals surface area contributed by atoms with Crippen LogP contribution in [0.2, 0.25) is 0 Å². The van der Waals surface area contributed by atoms with Crippen LogP contribution in [0.1, 0.15) is 11.4 Å². The predicted molar refractivity (Wildman–Crippen MR) is 112 cm³/mol. The molecular weight excluding hydrogens is 383 g/mol. The minimum absolute atomic E-state index is 0.0632. The number of aryl methyl sites for hydroxylation is 1. The summed E-state index contributed by atoms with van der Waals surface area (Å²) in [6.07, 6.45) is 0.0777. The van der Waals surface area contributed by atoms with Crippen molar-refractivity contribution in [2.24, 2.45) is 0 Å². The van der Waals surface area contributed by atoms with E-state index in [4.69, 9.17) is 4.74 Å². The van der Waals surface area contributed by atoms with Crippen LogP contribution in [-0.4, -0.2) is 47.0 Å². The molecule has 1 aliphatic heterocycles. The first-order valence-electron chi connectivity index (χ1n) is 9.93. The van der Waals surface area contributed by atoms with Crippen molar-refractivity contribution < 1.29 is 13.9 Å². The highest BCUT2D eigenvalue weighted by Gasteiger charge is 2.23. The molecule has 30 heavy (non-hydrogen) atoms. The van der Waals surface area contributed by atoms with E-state index in [-0.39, 0.29) is 18.1 Å². The van der Waals surface area contributed by atoms with Gasteiger partial charge in [-0.15, -0.1) is 0 Å². The highest BCUT2D eigenvalue weighted by atomic mass is 19.1. The lowest BCUT2D eigenvalue weighted by Gasteiger charge is -2.35. The third-order valence-electron chi connectivity index (χ3n) is 5.02. The molecular formula is C23H23FN4O2. The van der Waals surface area contributed by atoms with Crippen LogP contribution in [0.15, 0.2) is 60.7 Å². The SMILES string of the molecule is Cc1nc(Oc2ccccc2)cc(N2CCN(C(=O)Cc3ccccc3F)CC2)n1. The Morgan fingerprint density at radius 2 is 1.70 bits per heavy atom. The second-order valence-electron chi connectivity index (χ2n) is 7.16. The zero-order chi connectivity index (χ0) is 20.9. The maximum Gasteiger partial charge on any atom is 0.227 e. The fraction of sp³-hybridized carbons (Fsp3) is 0.261. The van der Waals surface area contributed by atoms with Crippen molar-refractivity contribution in [1.29, 1.82) is 0 Å². The second-order valence-corrected chi connectivity index (χ2v) is 7.16. The summed E-state index contributed by atoms with van der Waals surface area (Å²) in [5.41, 5.74) is 0.430. The Balaban J connectivity index is 1.39. The van der Waals surface area contributed by atoms with E-state index in [1.54, 1.807) is 23.1 Å². The van der Waals surface area contributed by atoms with E-state index in [0.29, 0.717) is 49.2 Å². The fourth-order valence-electron chi connectivity index (χ4n) is 3.45. The average molecular weight is 406 g/mol. The van der Waals surface area contributed by atoms with E-state index in [0.717, 1.165) is 5.82 Å². The summed E-state index contributed by atoms with van der Waals surface area (Å²) < 4.78 is 19.7.